The van der Waals surface area contributed by atoms with Crippen LogP contribution in [0.3, 0.4) is 0 Å². The van der Waals surface area contributed by atoms with Crippen molar-refractivity contribution in [2.45, 2.75) is 0 Å². The number of aromatic nitrogens is 1. The second-order valence-electron chi connectivity index (χ2n) is 7.08. The normalized spacial score (nSPS) is 17.0. The highest BCUT2D eigenvalue weighted by atomic mass is 19.1. The number of benzene rings is 1. The Morgan fingerprint density at radius 1 is 1.28 bits per heavy atom. The van der Waals surface area contributed by atoms with Crippen LogP contribution in [0.1, 0.15) is 0 Å². The lowest BCUT2D eigenvalue weighted by atomic mass is 10.1. The van der Waals surface area contributed by atoms with Crippen molar-refractivity contribution >= 4 is 30.0 Å². The first-order valence-electron chi connectivity index (χ1n) is 9.75. The van der Waals surface area contributed by atoms with Crippen molar-refractivity contribution in [3.8, 4) is 11.1 Å². The maximum Gasteiger partial charge on any atom is 0.419 e. The molecule has 2 amide bonds. The van der Waals surface area contributed by atoms with E-state index in [4.69, 9.17) is 4.74 Å². The zero-order valence-corrected chi connectivity index (χ0v) is 17.5. The SMILES string of the molecule is COC(=O)N/C=C1/CN(c2ccc(-c3ccc(N4C=NN(C)CC4)nc3)c(F)c2)C(=O)O1. The number of hydrazone groups is 1. The fourth-order valence-electron chi connectivity index (χ4n) is 3.20. The number of ether oxygens (including phenoxy) is 2. The summed E-state index contributed by atoms with van der Waals surface area (Å²) < 4.78 is 24.4. The summed E-state index contributed by atoms with van der Waals surface area (Å²) in [5.74, 6) is 0.426. The Morgan fingerprint density at radius 3 is 2.78 bits per heavy atom. The minimum absolute atomic E-state index is 0.0461. The highest BCUT2D eigenvalue weighted by Gasteiger charge is 2.29. The van der Waals surface area contributed by atoms with Gasteiger partial charge in [-0.15, -0.1) is 0 Å². The second kappa shape index (κ2) is 8.92. The fraction of sp³-hybridized carbons (Fsp3) is 0.238. The molecule has 0 aliphatic carbocycles. The molecule has 10 nitrogen and oxygen atoms in total. The lowest BCUT2D eigenvalue weighted by molar-refractivity contribution is 0.174. The Labute approximate surface area is 183 Å². The molecule has 1 aromatic carbocycles. The number of rotatable bonds is 4. The molecule has 166 valence electrons. The first-order chi connectivity index (χ1) is 15.4. The van der Waals surface area contributed by atoms with E-state index in [0.717, 1.165) is 18.9 Å². The largest absolute Gasteiger partial charge is 0.453 e. The maximum absolute atomic E-state index is 14.9. The average molecular weight is 440 g/mol. The van der Waals surface area contributed by atoms with Gasteiger partial charge >= 0.3 is 12.2 Å². The topological polar surface area (TPSA) is 99.6 Å². The summed E-state index contributed by atoms with van der Waals surface area (Å²) in [4.78, 5) is 30.9. The Kier molecular flexibility index (Phi) is 5.88. The van der Waals surface area contributed by atoms with E-state index in [1.165, 1.54) is 24.3 Å². The number of anilines is 2. The first-order valence-corrected chi connectivity index (χ1v) is 9.75. The van der Waals surface area contributed by atoms with Crippen molar-refractivity contribution in [2.75, 3.05) is 43.6 Å². The quantitative estimate of drug-likeness (QED) is 0.780. The molecule has 2 aliphatic rings. The van der Waals surface area contributed by atoms with E-state index in [0.29, 0.717) is 16.8 Å². The number of likely N-dealkylation sites (N-methyl/N-ethyl adjacent to an activating group) is 1. The summed E-state index contributed by atoms with van der Waals surface area (Å²) in [5, 5.41) is 8.38. The van der Waals surface area contributed by atoms with Crippen molar-refractivity contribution in [2.24, 2.45) is 5.10 Å². The van der Waals surface area contributed by atoms with Crippen LogP contribution in [0.4, 0.5) is 25.5 Å². The molecule has 32 heavy (non-hydrogen) atoms. The monoisotopic (exact) mass is 440 g/mol. The second-order valence-corrected chi connectivity index (χ2v) is 7.08. The third-order valence-electron chi connectivity index (χ3n) is 4.96. The van der Waals surface area contributed by atoms with Crippen molar-refractivity contribution in [1.82, 2.24) is 15.3 Å². The number of alkyl carbamates (subject to hydrolysis) is 1. The summed E-state index contributed by atoms with van der Waals surface area (Å²) in [7, 11) is 3.11. The predicted octanol–water partition coefficient (Wildman–Crippen LogP) is 2.74. The van der Waals surface area contributed by atoms with Crippen LogP contribution in [0.25, 0.3) is 11.1 Å². The number of carbonyl (C=O) groups is 2. The van der Waals surface area contributed by atoms with Crippen LogP contribution < -0.4 is 15.1 Å². The van der Waals surface area contributed by atoms with Crippen LogP contribution in [-0.4, -0.2) is 62.3 Å². The molecule has 0 atom stereocenters. The molecule has 0 radical (unpaired) electrons. The maximum atomic E-state index is 14.9. The minimum atomic E-state index is -0.693. The molecule has 1 fully saturated rings. The van der Waals surface area contributed by atoms with Gasteiger partial charge in [-0.2, -0.15) is 5.10 Å². The van der Waals surface area contributed by atoms with Gasteiger partial charge in [0.1, 0.15) is 23.7 Å². The summed E-state index contributed by atoms with van der Waals surface area (Å²) in [6.45, 7) is 1.59. The molecule has 3 heterocycles. The number of nitrogens with zero attached hydrogens (tertiary/aromatic N) is 5. The number of carbonyl (C=O) groups excluding carboxylic acids is 2. The van der Waals surface area contributed by atoms with Crippen LogP contribution in [0, 0.1) is 5.82 Å². The number of halogens is 1. The molecule has 4 rings (SSSR count). The Morgan fingerprint density at radius 2 is 2.12 bits per heavy atom. The van der Waals surface area contributed by atoms with E-state index < -0.39 is 18.0 Å². The van der Waals surface area contributed by atoms with Crippen LogP contribution in [-0.2, 0) is 9.47 Å². The summed E-state index contributed by atoms with van der Waals surface area (Å²) >= 11 is 0. The molecular formula is C21H21FN6O4. The summed E-state index contributed by atoms with van der Waals surface area (Å²) in [6.07, 6.45) is 3.17. The van der Waals surface area contributed by atoms with Gasteiger partial charge in [-0.05, 0) is 30.3 Å². The number of hydrogen-bond acceptors (Lipinski definition) is 8. The van der Waals surface area contributed by atoms with E-state index in [2.05, 4.69) is 20.1 Å². The lowest BCUT2D eigenvalue weighted by Crippen LogP contribution is -2.36. The van der Waals surface area contributed by atoms with Crippen molar-refractivity contribution in [1.29, 1.82) is 0 Å². The van der Waals surface area contributed by atoms with E-state index in [1.54, 1.807) is 30.7 Å². The molecule has 11 heteroatoms. The average Bonchev–Trinajstić information content (AvgIpc) is 3.18. The summed E-state index contributed by atoms with van der Waals surface area (Å²) in [5.41, 5.74) is 1.29. The first kappa shape index (κ1) is 21.1. The van der Waals surface area contributed by atoms with Gasteiger partial charge in [0.2, 0.25) is 0 Å². The van der Waals surface area contributed by atoms with Crippen molar-refractivity contribution in [3.63, 3.8) is 0 Å². The van der Waals surface area contributed by atoms with E-state index in [9.17, 15) is 14.0 Å². The Hall–Kier alpha value is -4.15. The molecule has 1 saturated heterocycles. The van der Waals surface area contributed by atoms with Crippen LogP contribution in [0.2, 0.25) is 0 Å². The third kappa shape index (κ3) is 4.46. The molecule has 0 saturated carbocycles. The van der Waals surface area contributed by atoms with Crippen LogP contribution in [0.15, 0.2) is 53.6 Å². The molecule has 2 aliphatic heterocycles. The van der Waals surface area contributed by atoms with Gasteiger partial charge in [0.25, 0.3) is 0 Å². The zero-order valence-electron chi connectivity index (χ0n) is 17.5. The highest BCUT2D eigenvalue weighted by molar-refractivity contribution is 5.91. The van der Waals surface area contributed by atoms with Gasteiger partial charge < -0.3 is 14.4 Å². The third-order valence-corrected chi connectivity index (χ3v) is 4.96. The van der Waals surface area contributed by atoms with Crippen molar-refractivity contribution < 1.29 is 23.5 Å². The van der Waals surface area contributed by atoms with E-state index >= 15 is 0 Å². The van der Waals surface area contributed by atoms with E-state index in [1.807, 2.05) is 23.0 Å². The molecule has 0 unspecified atom stereocenters. The lowest BCUT2D eigenvalue weighted by Gasteiger charge is -2.26. The predicted molar refractivity (Wildman–Crippen MR) is 116 cm³/mol. The number of nitrogens with one attached hydrogen (secondary N) is 1. The number of cyclic esters (lactones) is 1. The smallest absolute Gasteiger partial charge is 0.419 e. The zero-order chi connectivity index (χ0) is 22.7. The number of hydrogen-bond donors (Lipinski definition) is 1. The van der Waals surface area contributed by atoms with Gasteiger partial charge in [0.15, 0.2) is 0 Å². The Bertz CT molecular complexity index is 1090. The molecule has 2 aromatic rings. The van der Waals surface area contributed by atoms with Gasteiger partial charge in [-0.3, -0.25) is 15.2 Å². The molecule has 1 aromatic heterocycles. The molecule has 0 spiro atoms. The minimum Gasteiger partial charge on any atom is -0.453 e. The standard InChI is InChI=1S/C21H21FN6O4/c1-26-7-8-27(13-25-26)19-6-3-14(10-23-19)17-5-4-15(9-18(17)22)28-12-16(32-21(28)30)11-24-20(29)31-2/h3-6,9-11,13H,7-8,12H2,1-2H3,(H,24,29)/b16-11-. The number of amides is 2. The molecule has 0 bridgehead atoms. The van der Waals surface area contributed by atoms with Crippen LogP contribution in [0.5, 0.6) is 0 Å². The van der Waals surface area contributed by atoms with E-state index in [-0.39, 0.29) is 12.3 Å². The fourth-order valence-corrected chi connectivity index (χ4v) is 3.20. The molecule has 1 N–H and O–H groups in total. The van der Waals surface area contributed by atoms with Gasteiger partial charge in [0.05, 0.1) is 25.9 Å². The summed E-state index contributed by atoms with van der Waals surface area (Å²) in [6, 6.07) is 8.06. The van der Waals surface area contributed by atoms with Crippen LogP contribution >= 0.6 is 0 Å². The number of methoxy groups -OCH3 is 1. The van der Waals surface area contributed by atoms with Gasteiger partial charge in [-0.25, -0.2) is 19.0 Å². The number of pyridine rings is 1. The Balaban J connectivity index is 1.48. The highest BCUT2D eigenvalue weighted by Crippen LogP contribution is 2.30. The van der Waals surface area contributed by atoms with Gasteiger partial charge in [0, 0.05) is 37.1 Å². The van der Waals surface area contributed by atoms with Crippen molar-refractivity contribution in [3.05, 3.63) is 54.3 Å². The van der Waals surface area contributed by atoms with Gasteiger partial charge in [-0.1, -0.05) is 0 Å². The molecular weight excluding hydrogens is 419 g/mol.